The molecule has 7 heteroatoms. The van der Waals surface area contributed by atoms with Gasteiger partial charge in [0.1, 0.15) is 0 Å². The van der Waals surface area contributed by atoms with Gasteiger partial charge in [-0.05, 0) is 19.0 Å². The Labute approximate surface area is 130 Å². The van der Waals surface area contributed by atoms with Gasteiger partial charge in [-0.1, -0.05) is 0 Å². The SMILES string of the molecule is COc1cc(NC(=O)CCCN)c(C(=O)N(C)C)cc1OC. The van der Waals surface area contributed by atoms with E-state index in [-0.39, 0.29) is 11.8 Å². The molecule has 3 N–H and O–H groups in total. The molecule has 0 bridgehead atoms. The monoisotopic (exact) mass is 309 g/mol. The van der Waals surface area contributed by atoms with E-state index in [4.69, 9.17) is 15.2 Å². The van der Waals surface area contributed by atoms with Crippen LogP contribution in [0, 0.1) is 0 Å². The lowest BCUT2D eigenvalue weighted by atomic mass is 10.1. The maximum absolute atomic E-state index is 12.3. The summed E-state index contributed by atoms with van der Waals surface area (Å²) in [4.78, 5) is 25.6. The highest BCUT2D eigenvalue weighted by Gasteiger charge is 2.19. The zero-order valence-electron chi connectivity index (χ0n) is 13.4. The maximum Gasteiger partial charge on any atom is 0.255 e. The van der Waals surface area contributed by atoms with Gasteiger partial charge < -0.3 is 25.4 Å². The van der Waals surface area contributed by atoms with Crippen LogP contribution in [0.5, 0.6) is 11.5 Å². The first-order valence-electron chi connectivity index (χ1n) is 6.92. The van der Waals surface area contributed by atoms with E-state index in [0.29, 0.717) is 42.1 Å². The lowest BCUT2D eigenvalue weighted by molar-refractivity contribution is -0.116. The second-order valence-electron chi connectivity index (χ2n) is 4.89. The summed E-state index contributed by atoms with van der Waals surface area (Å²) in [5.41, 5.74) is 6.12. The fourth-order valence-corrected chi connectivity index (χ4v) is 1.88. The molecule has 0 aliphatic heterocycles. The maximum atomic E-state index is 12.3. The van der Waals surface area contributed by atoms with E-state index in [9.17, 15) is 9.59 Å². The van der Waals surface area contributed by atoms with Crippen molar-refractivity contribution < 1.29 is 19.1 Å². The van der Waals surface area contributed by atoms with Crippen LogP contribution in [0.25, 0.3) is 0 Å². The molecular weight excluding hydrogens is 286 g/mol. The van der Waals surface area contributed by atoms with Gasteiger partial charge in [0.15, 0.2) is 11.5 Å². The van der Waals surface area contributed by atoms with Crippen molar-refractivity contribution in [1.82, 2.24) is 4.90 Å². The number of methoxy groups -OCH3 is 2. The smallest absolute Gasteiger partial charge is 0.255 e. The average Bonchev–Trinajstić information content (AvgIpc) is 2.51. The summed E-state index contributed by atoms with van der Waals surface area (Å²) in [6.45, 7) is 0.433. The molecule has 0 unspecified atom stereocenters. The predicted molar refractivity (Wildman–Crippen MR) is 84.5 cm³/mol. The molecule has 0 aromatic heterocycles. The van der Waals surface area contributed by atoms with Crippen LogP contribution < -0.4 is 20.5 Å². The summed E-state index contributed by atoms with van der Waals surface area (Å²) in [6, 6.07) is 3.13. The van der Waals surface area contributed by atoms with Gasteiger partial charge in [-0.15, -0.1) is 0 Å². The Morgan fingerprint density at radius 3 is 2.27 bits per heavy atom. The molecule has 0 saturated heterocycles. The molecule has 0 heterocycles. The van der Waals surface area contributed by atoms with E-state index in [2.05, 4.69) is 5.32 Å². The lowest BCUT2D eigenvalue weighted by Gasteiger charge is -2.18. The zero-order valence-corrected chi connectivity index (χ0v) is 13.4. The lowest BCUT2D eigenvalue weighted by Crippen LogP contribution is -2.24. The molecule has 0 fully saturated rings. The van der Waals surface area contributed by atoms with Crippen molar-refractivity contribution in [3.05, 3.63) is 17.7 Å². The van der Waals surface area contributed by atoms with Crippen molar-refractivity contribution in [1.29, 1.82) is 0 Å². The van der Waals surface area contributed by atoms with Crippen LogP contribution in [0.2, 0.25) is 0 Å². The highest BCUT2D eigenvalue weighted by molar-refractivity contribution is 6.04. The molecule has 0 aliphatic carbocycles. The molecule has 0 aliphatic rings. The first kappa shape index (κ1) is 17.8. The minimum atomic E-state index is -0.241. The number of hydrogen-bond donors (Lipinski definition) is 2. The van der Waals surface area contributed by atoms with Gasteiger partial charge in [0.05, 0.1) is 25.5 Å². The number of carbonyl (C=O) groups is 2. The van der Waals surface area contributed by atoms with Gasteiger partial charge >= 0.3 is 0 Å². The molecule has 1 aromatic carbocycles. The summed E-state index contributed by atoms with van der Waals surface area (Å²) in [5, 5.41) is 2.73. The number of amides is 2. The minimum absolute atomic E-state index is 0.203. The van der Waals surface area contributed by atoms with Gasteiger partial charge in [0, 0.05) is 26.6 Å². The first-order chi connectivity index (χ1) is 10.4. The van der Waals surface area contributed by atoms with Gasteiger partial charge in [-0.3, -0.25) is 9.59 Å². The van der Waals surface area contributed by atoms with E-state index < -0.39 is 0 Å². The quantitative estimate of drug-likeness (QED) is 0.786. The summed E-state index contributed by atoms with van der Waals surface area (Å²) in [7, 11) is 6.25. The van der Waals surface area contributed by atoms with Crippen LogP contribution >= 0.6 is 0 Å². The predicted octanol–water partition coefficient (Wildman–Crippen LogP) is 1.08. The zero-order chi connectivity index (χ0) is 16.7. The van der Waals surface area contributed by atoms with Crippen LogP contribution in [0.15, 0.2) is 12.1 Å². The summed E-state index contributed by atoms with van der Waals surface area (Å²) >= 11 is 0. The van der Waals surface area contributed by atoms with Crippen molar-refractivity contribution in [2.75, 3.05) is 40.2 Å². The second kappa shape index (κ2) is 8.23. The van der Waals surface area contributed by atoms with Crippen molar-refractivity contribution in [3.63, 3.8) is 0 Å². The topological polar surface area (TPSA) is 93.9 Å². The van der Waals surface area contributed by atoms with E-state index in [0.717, 1.165) is 0 Å². The number of nitrogens with zero attached hydrogens (tertiary/aromatic N) is 1. The van der Waals surface area contributed by atoms with E-state index in [1.165, 1.54) is 19.1 Å². The molecule has 1 aromatic rings. The second-order valence-corrected chi connectivity index (χ2v) is 4.89. The number of carbonyl (C=O) groups excluding carboxylic acids is 2. The largest absolute Gasteiger partial charge is 0.493 e. The average molecular weight is 309 g/mol. The number of benzene rings is 1. The molecule has 0 spiro atoms. The van der Waals surface area contributed by atoms with Crippen molar-refractivity contribution in [2.24, 2.45) is 5.73 Å². The standard InChI is InChI=1S/C15H23N3O4/c1-18(2)15(20)10-8-12(21-3)13(22-4)9-11(10)17-14(19)6-5-7-16/h8-9H,5-7,16H2,1-4H3,(H,17,19). The highest BCUT2D eigenvalue weighted by Crippen LogP contribution is 2.34. The Bertz CT molecular complexity index is 544. The van der Waals surface area contributed by atoms with Gasteiger partial charge in [0.25, 0.3) is 5.91 Å². The van der Waals surface area contributed by atoms with E-state index in [1.54, 1.807) is 26.2 Å². The summed E-state index contributed by atoms with van der Waals surface area (Å²) < 4.78 is 10.4. The van der Waals surface area contributed by atoms with Crippen LogP contribution in [-0.2, 0) is 4.79 Å². The van der Waals surface area contributed by atoms with E-state index >= 15 is 0 Å². The molecule has 7 nitrogen and oxygen atoms in total. The van der Waals surface area contributed by atoms with Crippen LogP contribution in [-0.4, -0.2) is 51.6 Å². The third-order valence-corrected chi connectivity index (χ3v) is 3.04. The third kappa shape index (κ3) is 4.36. The molecule has 2 amide bonds. The number of hydrogen-bond acceptors (Lipinski definition) is 5. The molecule has 0 radical (unpaired) electrons. The van der Waals surface area contributed by atoms with Crippen molar-refractivity contribution in [2.45, 2.75) is 12.8 Å². The highest BCUT2D eigenvalue weighted by atomic mass is 16.5. The Hall–Kier alpha value is -2.28. The Morgan fingerprint density at radius 2 is 1.77 bits per heavy atom. The molecule has 1 rings (SSSR count). The molecule has 22 heavy (non-hydrogen) atoms. The molecule has 0 saturated carbocycles. The number of ether oxygens (including phenoxy) is 2. The number of nitrogens with two attached hydrogens (primary N) is 1. The van der Waals surface area contributed by atoms with Gasteiger partial charge in [0.2, 0.25) is 5.91 Å². The summed E-state index contributed by atoms with van der Waals surface area (Å²) in [5.74, 6) is 0.417. The van der Waals surface area contributed by atoms with E-state index in [1.807, 2.05) is 0 Å². The minimum Gasteiger partial charge on any atom is -0.493 e. The van der Waals surface area contributed by atoms with Gasteiger partial charge in [-0.25, -0.2) is 0 Å². The number of nitrogens with one attached hydrogen (secondary N) is 1. The van der Waals surface area contributed by atoms with Crippen LogP contribution in [0.3, 0.4) is 0 Å². The molecule has 0 atom stereocenters. The fraction of sp³-hybridized carbons (Fsp3) is 0.467. The van der Waals surface area contributed by atoms with Crippen LogP contribution in [0.1, 0.15) is 23.2 Å². The Kier molecular flexibility index (Phi) is 6.65. The third-order valence-electron chi connectivity index (χ3n) is 3.04. The summed E-state index contributed by atoms with van der Waals surface area (Å²) in [6.07, 6.45) is 0.872. The molecule has 122 valence electrons. The number of anilines is 1. The van der Waals surface area contributed by atoms with Crippen LogP contribution in [0.4, 0.5) is 5.69 Å². The Morgan fingerprint density at radius 1 is 1.18 bits per heavy atom. The Balaban J connectivity index is 3.21. The normalized spacial score (nSPS) is 10.0. The van der Waals surface area contributed by atoms with Crippen molar-refractivity contribution >= 4 is 17.5 Å². The van der Waals surface area contributed by atoms with Gasteiger partial charge in [-0.2, -0.15) is 0 Å². The fourth-order valence-electron chi connectivity index (χ4n) is 1.88. The first-order valence-corrected chi connectivity index (χ1v) is 6.92. The number of rotatable bonds is 7. The van der Waals surface area contributed by atoms with Crippen molar-refractivity contribution in [3.8, 4) is 11.5 Å². The molecular formula is C15H23N3O4.